The number of aliphatic hydroxyl groups is 1. The minimum atomic E-state index is -0.0706. The van der Waals surface area contributed by atoms with E-state index in [2.05, 4.69) is 32.0 Å². The molecule has 2 saturated carbocycles. The van der Waals surface area contributed by atoms with Gasteiger partial charge in [-0.05, 0) is 91.4 Å². The SMILES string of the molecule is CCCCCOc1ccc2c(c1)CC[C@@H]1[C@@H]2CC[C@]2(C)[C@@H](O)CC[C@@H]12. The number of hydrogen-bond donors (Lipinski definition) is 1. The molecular formula is C23H34O2. The van der Waals surface area contributed by atoms with E-state index in [0.29, 0.717) is 5.92 Å². The highest BCUT2D eigenvalue weighted by Gasteiger charge is 2.54. The second kappa shape index (κ2) is 6.95. The Balaban J connectivity index is 1.49. The maximum Gasteiger partial charge on any atom is 0.119 e. The molecule has 0 heterocycles. The van der Waals surface area contributed by atoms with E-state index in [1.165, 1.54) is 50.5 Å². The highest BCUT2D eigenvalue weighted by molar-refractivity contribution is 5.40. The fraction of sp³-hybridized carbons (Fsp3) is 0.739. The fourth-order valence-corrected chi connectivity index (χ4v) is 6.16. The molecule has 138 valence electrons. The number of rotatable bonds is 5. The van der Waals surface area contributed by atoms with E-state index in [9.17, 15) is 5.11 Å². The third kappa shape index (κ3) is 3.01. The van der Waals surface area contributed by atoms with Crippen LogP contribution in [0.4, 0.5) is 0 Å². The summed E-state index contributed by atoms with van der Waals surface area (Å²) >= 11 is 0. The number of hydrogen-bond acceptors (Lipinski definition) is 2. The summed E-state index contributed by atoms with van der Waals surface area (Å²) in [5, 5.41) is 10.5. The van der Waals surface area contributed by atoms with Crippen molar-refractivity contribution in [3.63, 3.8) is 0 Å². The number of aryl methyl sites for hydroxylation is 1. The van der Waals surface area contributed by atoms with E-state index in [-0.39, 0.29) is 11.5 Å². The minimum absolute atomic E-state index is 0.0706. The summed E-state index contributed by atoms with van der Waals surface area (Å²) in [6.45, 7) is 5.43. The first-order valence-corrected chi connectivity index (χ1v) is 10.6. The molecule has 0 spiro atoms. The molecule has 0 aromatic heterocycles. The van der Waals surface area contributed by atoms with Crippen LogP contribution in [0.15, 0.2) is 18.2 Å². The summed E-state index contributed by atoms with van der Waals surface area (Å²) < 4.78 is 5.98. The van der Waals surface area contributed by atoms with E-state index in [1.54, 1.807) is 5.56 Å². The average Bonchev–Trinajstić information content (AvgIpc) is 2.93. The molecule has 4 rings (SSSR count). The molecule has 3 aliphatic carbocycles. The first-order valence-electron chi connectivity index (χ1n) is 10.6. The quantitative estimate of drug-likeness (QED) is 0.719. The van der Waals surface area contributed by atoms with Crippen molar-refractivity contribution in [1.29, 1.82) is 0 Å². The molecule has 0 aliphatic heterocycles. The fourth-order valence-electron chi connectivity index (χ4n) is 6.16. The van der Waals surface area contributed by atoms with Crippen molar-refractivity contribution in [2.75, 3.05) is 6.61 Å². The topological polar surface area (TPSA) is 29.5 Å². The lowest BCUT2D eigenvalue weighted by Gasteiger charge is -2.50. The molecule has 1 aromatic carbocycles. The van der Waals surface area contributed by atoms with Gasteiger partial charge in [0.2, 0.25) is 0 Å². The minimum Gasteiger partial charge on any atom is -0.494 e. The number of benzene rings is 1. The second-order valence-electron chi connectivity index (χ2n) is 8.97. The van der Waals surface area contributed by atoms with Crippen molar-refractivity contribution in [2.24, 2.45) is 17.3 Å². The Hall–Kier alpha value is -1.02. The molecule has 0 radical (unpaired) electrons. The van der Waals surface area contributed by atoms with Crippen LogP contribution in [0, 0.1) is 17.3 Å². The highest BCUT2D eigenvalue weighted by Crippen LogP contribution is 2.60. The Kier molecular flexibility index (Phi) is 4.83. The lowest BCUT2D eigenvalue weighted by atomic mass is 9.55. The molecule has 25 heavy (non-hydrogen) atoms. The zero-order chi connectivity index (χ0) is 17.4. The highest BCUT2D eigenvalue weighted by atomic mass is 16.5. The average molecular weight is 343 g/mol. The predicted octanol–water partition coefficient (Wildman–Crippen LogP) is 5.47. The van der Waals surface area contributed by atoms with Crippen molar-refractivity contribution >= 4 is 0 Å². The summed E-state index contributed by atoms with van der Waals surface area (Å²) in [6, 6.07) is 6.87. The molecule has 0 saturated heterocycles. The van der Waals surface area contributed by atoms with Crippen LogP contribution in [0.2, 0.25) is 0 Å². The van der Waals surface area contributed by atoms with Crippen LogP contribution in [-0.4, -0.2) is 17.8 Å². The number of fused-ring (bicyclic) bond motifs is 5. The van der Waals surface area contributed by atoms with Crippen LogP contribution in [0.5, 0.6) is 5.75 Å². The molecule has 1 N–H and O–H groups in total. The number of aliphatic hydroxyl groups excluding tert-OH is 1. The molecule has 0 bridgehead atoms. The van der Waals surface area contributed by atoms with E-state index in [4.69, 9.17) is 4.74 Å². The summed E-state index contributed by atoms with van der Waals surface area (Å²) in [5.74, 6) is 3.27. The summed E-state index contributed by atoms with van der Waals surface area (Å²) in [5.41, 5.74) is 3.29. The number of unbranched alkanes of at least 4 members (excludes halogenated alkanes) is 2. The van der Waals surface area contributed by atoms with Crippen molar-refractivity contribution in [3.8, 4) is 5.75 Å². The molecule has 0 unspecified atom stereocenters. The van der Waals surface area contributed by atoms with Crippen LogP contribution >= 0.6 is 0 Å². The predicted molar refractivity (Wildman–Crippen MR) is 102 cm³/mol. The maximum atomic E-state index is 10.5. The monoisotopic (exact) mass is 342 g/mol. The molecule has 2 heteroatoms. The van der Waals surface area contributed by atoms with Crippen LogP contribution < -0.4 is 4.74 Å². The molecule has 2 fully saturated rings. The van der Waals surface area contributed by atoms with Gasteiger partial charge in [0, 0.05) is 0 Å². The normalized spacial score (nSPS) is 36.4. The lowest BCUT2D eigenvalue weighted by molar-refractivity contribution is -0.0226. The maximum absolute atomic E-state index is 10.5. The van der Waals surface area contributed by atoms with E-state index in [0.717, 1.165) is 37.0 Å². The summed E-state index contributed by atoms with van der Waals surface area (Å²) in [4.78, 5) is 0. The van der Waals surface area contributed by atoms with Gasteiger partial charge in [-0.2, -0.15) is 0 Å². The van der Waals surface area contributed by atoms with Gasteiger partial charge < -0.3 is 9.84 Å². The van der Waals surface area contributed by atoms with Gasteiger partial charge in [-0.1, -0.05) is 32.8 Å². The van der Waals surface area contributed by atoms with Gasteiger partial charge in [0.1, 0.15) is 5.75 Å². The third-order valence-electron chi connectivity index (χ3n) is 7.66. The van der Waals surface area contributed by atoms with E-state index in [1.807, 2.05) is 0 Å². The van der Waals surface area contributed by atoms with Crippen LogP contribution in [-0.2, 0) is 6.42 Å². The molecule has 5 atom stereocenters. The van der Waals surface area contributed by atoms with Crippen LogP contribution in [0.25, 0.3) is 0 Å². The Labute approximate surface area is 153 Å². The standard InChI is InChI=1S/C23H34O2/c1-3-4-5-14-25-17-7-9-18-16(15-17)6-8-20-19(18)12-13-23(2)21(20)10-11-22(23)24/h7,9,15,19-22,24H,3-6,8,10-14H2,1-2H3/t19-,20-,21+,22+,23+/m1/s1. The van der Waals surface area contributed by atoms with Gasteiger partial charge >= 0.3 is 0 Å². The second-order valence-corrected chi connectivity index (χ2v) is 8.97. The van der Waals surface area contributed by atoms with Crippen LogP contribution in [0.3, 0.4) is 0 Å². The van der Waals surface area contributed by atoms with Crippen molar-refractivity contribution in [3.05, 3.63) is 29.3 Å². The largest absolute Gasteiger partial charge is 0.494 e. The first kappa shape index (κ1) is 17.4. The van der Waals surface area contributed by atoms with E-state index >= 15 is 0 Å². The van der Waals surface area contributed by atoms with Crippen molar-refractivity contribution in [2.45, 2.75) is 83.7 Å². The van der Waals surface area contributed by atoms with Gasteiger partial charge in [-0.15, -0.1) is 0 Å². The van der Waals surface area contributed by atoms with Crippen molar-refractivity contribution in [1.82, 2.24) is 0 Å². The van der Waals surface area contributed by atoms with Gasteiger partial charge in [-0.3, -0.25) is 0 Å². The first-order chi connectivity index (χ1) is 12.1. The van der Waals surface area contributed by atoms with Crippen molar-refractivity contribution < 1.29 is 9.84 Å². The molecule has 1 aromatic rings. The molecule has 2 nitrogen and oxygen atoms in total. The molecule has 3 aliphatic rings. The van der Waals surface area contributed by atoms with E-state index < -0.39 is 0 Å². The Morgan fingerprint density at radius 2 is 2.04 bits per heavy atom. The van der Waals surface area contributed by atoms with Crippen LogP contribution in [0.1, 0.15) is 82.3 Å². The summed E-state index contributed by atoms with van der Waals surface area (Å²) in [7, 11) is 0. The van der Waals surface area contributed by atoms with Gasteiger partial charge in [0.25, 0.3) is 0 Å². The van der Waals surface area contributed by atoms with Gasteiger partial charge in [-0.25, -0.2) is 0 Å². The number of ether oxygens (including phenoxy) is 1. The lowest BCUT2D eigenvalue weighted by Crippen LogP contribution is -2.43. The zero-order valence-corrected chi connectivity index (χ0v) is 16.0. The third-order valence-corrected chi connectivity index (χ3v) is 7.66. The smallest absolute Gasteiger partial charge is 0.119 e. The molecular weight excluding hydrogens is 308 g/mol. The molecule has 0 amide bonds. The summed E-state index contributed by atoms with van der Waals surface area (Å²) in [6.07, 6.45) is 10.7. The zero-order valence-electron chi connectivity index (χ0n) is 16.0. The Morgan fingerprint density at radius 3 is 2.88 bits per heavy atom. The Bertz CT molecular complexity index is 610. The van der Waals surface area contributed by atoms with Gasteiger partial charge in [0.05, 0.1) is 12.7 Å². The Morgan fingerprint density at radius 1 is 1.16 bits per heavy atom. The van der Waals surface area contributed by atoms with Gasteiger partial charge in [0.15, 0.2) is 0 Å².